The molecule has 0 spiro atoms. The van der Waals surface area contributed by atoms with Crippen molar-refractivity contribution in [3.63, 3.8) is 0 Å². The maximum absolute atomic E-state index is 12.2. The van der Waals surface area contributed by atoms with Crippen molar-refractivity contribution >= 4 is 17.7 Å². The number of carbonyl (C=O) groups is 1. The third-order valence-corrected chi connectivity index (χ3v) is 5.45. The first-order valence-electron chi connectivity index (χ1n) is 9.82. The van der Waals surface area contributed by atoms with Gasteiger partial charge in [0.2, 0.25) is 0 Å². The van der Waals surface area contributed by atoms with Gasteiger partial charge < -0.3 is 19.3 Å². The molecule has 0 saturated heterocycles. The van der Waals surface area contributed by atoms with Crippen molar-refractivity contribution in [3.8, 4) is 17.2 Å². The molecule has 0 radical (unpaired) electrons. The molecule has 0 bridgehead atoms. The van der Waals surface area contributed by atoms with E-state index in [1.807, 2.05) is 43.3 Å². The van der Waals surface area contributed by atoms with Crippen LogP contribution in [-0.2, 0) is 17.2 Å². The Morgan fingerprint density at radius 2 is 1.55 bits per heavy atom. The van der Waals surface area contributed by atoms with E-state index >= 15 is 0 Å². The van der Waals surface area contributed by atoms with Crippen LogP contribution < -0.4 is 14.2 Å². The Kier molecular flexibility index (Phi) is 8.11. The van der Waals surface area contributed by atoms with Crippen molar-refractivity contribution in [2.75, 3.05) is 6.61 Å². The van der Waals surface area contributed by atoms with Gasteiger partial charge in [-0.05, 0) is 66.1 Å². The molecule has 1 N–H and O–H groups in total. The SMILES string of the molecule is Cc1cc(SCc2ccc(OCc3ccc(OC(F)(F)F)cc3)cc2)ccc1OCC(=O)O. The lowest BCUT2D eigenvalue weighted by Gasteiger charge is -2.11. The largest absolute Gasteiger partial charge is 0.573 e. The number of carboxylic acids is 1. The molecule has 3 aromatic carbocycles. The van der Waals surface area contributed by atoms with Crippen LogP contribution in [0.5, 0.6) is 17.2 Å². The summed E-state index contributed by atoms with van der Waals surface area (Å²) in [4.78, 5) is 11.7. The number of aryl methyl sites for hydroxylation is 1. The Morgan fingerprint density at radius 3 is 2.15 bits per heavy atom. The predicted molar refractivity (Wildman–Crippen MR) is 118 cm³/mol. The lowest BCUT2D eigenvalue weighted by Crippen LogP contribution is -2.17. The van der Waals surface area contributed by atoms with Crippen molar-refractivity contribution in [2.45, 2.75) is 30.5 Å². The van der Waals surface area contributed by atoms with Gasteiger partial charge in [0.1, 0.15) is 23.9 Å². The molecular formula is C24H21F3O5S. The zero-order chi connectivity index (χ0) is 23.8. The lowest BCUT2D eigenvalue weighted by atomic mass is 10.2. The predicted octanol–water partition coefficient (Wildman–Crippen LogP) is 6.23. The Balaban J connectivity index is 1.47. The summed E-state index contributed by atoms with van der Waals surface area (Å²) in [5.74, 6) is 0.635. The summed E-state index contributed by atoms with van der Waals surface area (Å²) in [6.45, 7) is 1.71. The summed E-state index contributed by atoms with van der Waals surface area (Å²) in [7, 11) is 0. The van der Waals surface area contributed by atoms with Crippen LogP contribution in [0.15, 0.2) is 71.6 Å². The van der Waals surface area contributed by atoms with E-state index in [4.69, 9.17) is 14.6 Å². The normalized spacial score (nSPS) is 11.2. The molecule has 0 aliphatic rings. The number of rotatable bonds is 10. The lowest BCUT2D eigenvalue weighted by molar-refractivity contribution is -0.274. The monoisotopic (exact) mass is 478 g/mol. The third kappa shape index (κ3) is 8.27. The number of benzene rings is 3. The summed E-state index contributed by atoms with van der Waals surface area (Å²) >= 11 is 1.64. The molecule has 0 aromatic heterocycles. The first kappa shape index (κ1) is 24.3. The van der Waals surface area contributed by atoms with Gasteiger partial charge in [0.25, 0.3) is 0 Å². The quantitative estimate of drug-likeness (QED) is 0.349. The molecule has 0 atom stereocenters. The second kappa shape index (κ2) is 11.0. The standard InChI is InChI=1S/C24H21F3O5S/c1-16-12-21(10-11-22(16)31-14-23(28)29)33-15-18-4-6-19(7-5-18)30-13-17-2-8-20(9-3-17)32-24(25,26)27/h2-12H,13-15H2,1H3,(H,28,29). The molecule has 5 nitrogen and oxygen atoms in total. The number of hydrogen-bond acceptors (Lipinski definition) is 5. The topological polar surface area (TPSA) is 65.0 Å². The highest BCUT2D eigenvalue weighted by Crippen LogP contribution is 2.29. The zero-order valence-corrected chi connectivity index (χ0v) is 18.4. The first-order valence-corrected chi connectivity index (χ1v) is 10.8. The molecule has 3 rings (SSSR count). The Labute approximate surface area is 193 Å². The van der Waals surface area contributed by atoms with Gasteiger partial charge in [-0.3, -0.25) is 0 Å². The molecule has 0 fully saturated rings. The van der Waals surface area contributed by atoms with Crippen molar-refractivity contribution in [3.05, 3.63) is 83.4 Å². The van der Waals surface area contributed by atoms with Crippen molar-refractivity contribution < 1.29 is 37.3 Å². The fourth-order valence-corrected chi connectivity index (χ4v) is 3.77. The molecule has 0 amide bonds. The molecule has 33 heavy (non-hydrogen) atoms. The van der Waals surface area contributed by atoms with E-state index in [0.29, 0.717) is 11.5 Å². The van der Waals surface area contributed by atoms with E-state index in [9.17, 15) is 18.0 Å². The van der Waals surface area contributed by atoms with Crippen LogP contribution in [0.25, 0.3) is 0 Å². The van der Waals surface area contributed by atoms with Gasteiger partial charge in [0, 0.05) is 10.6 Å². The molecule has 9 heteroatoms. The molecule has 174 valence electrons. The molecule has 0 aliphatic heterocycles. The van der Waals surface area contributed by atoms with Crippen LogP contribution in [0.1, 0.15) is 16.7 Å². The molecule has 0 aliphatic carbocycles. The summed E-state index contributed by atoms with van der Waals surface area (Å²) in [6.07, 6.45) is -4.71. The molecule has 0 heterocycles. The Bertz CT molecular complexity index is 1070. The van der Waals surface area contributed by atoms with E-state index in [1.165, 1.54) is 24.3 Å². The highest BCUT2D eigenvalue weighted by atomic mass is 32.2. The van der Waals surface area contributed by atoms with Gasteiger partial charge in [0.05, 0.1) is 0 Å². The van der Waals surface area contributed by atoms with Gasteiger partial charge >= 0.3 is 12.3 Å². The van der Waals surface area contributed by atoms with Crippen LogP contribution in [0.3, 0.4) is 0 Å². The number of thioether (sulfide) groups is 1. The smallest absolute Gasteiger partial charge is 0.489 e. The van der Waals surface area contributed by atoms with E-state index in [2.05, 4.69) is 4.74 Å². The average Bonchev–Trinajstić information content (AvgIpc) is 2.76. The van der Waals surface area contributed by atoms with Gasteiger partial charge in [-0.25, -0.2) is 4.79 Å². The first-order chi connectivity index (χ1) is 15.7. The number of hydrogen-bond donors (Lipinski definition) is 1. The molecule has 0 unspecified atom stereocenters. The zero-order valence-electron chi connectivity index (χ0n) is 17.6. The summed E-state index contributed by atoms with van der Waals surface area (Å²) in [5.41, 5.74) is 2.67. The van der Waals surface area contributed by atoms with Crippen molar-refractivity contribution in [1.82, 2.24) is 0 Å². The van der Waals surface area contributed by atoms with Crippen LogP contribution in [-0.4, -0.2) is 24.0 Å². The molecule has 0 saturated carbocycles. The minimum Gasteiger partial charge on any atom is -0.489 e. The summed E-state index contributed by atoms with van der Waals surface area (Å²) in [6, 6.07) is 18.7. The minimum absolute atomic E-state index is 0.218. The second-order valence-electron chi connectivity index (χ2n) is 7.02. The highest BCUT2D eigenvalue weighted by Gasteiger charge is 2.30. The maximum Gasteiger partial charge on any atom is 0.573 e. The number of aliphatic carboxylic acids is 1. The minimum atomic E-state index is -4.71. The van der Waals surface area contributed by atoms with E-state index < -0.39 is 12.3 Å². The fourth-order valence-electron chi connectivity index (χ4n) is 2.82. The highest BCUT2D eigenvalue weighted by molar-refractivity contribution is 7.98. The van der Waals surface area contributed by atoms with Crippen LogP contribution in [0.4, 0.5) is 13.2 Å². The maximum atomic E-state index is 12.2. The summed E-state index contributed by atoms with van der Waals surface area (Å²) < 4.78 is 51.4. The Morgan fingerprint density at radius 1 is 0.909 bits per heavy atom. The number of halogens is 3. The van der Waals surface area contributed by atoms with Crippen molar-refractivity contribution in [1.29, 1.82) is 0 Å². The van der Waals surface area contributed by atoms with E-state index in [1.54, 1.807) is 17.8 Å². The fraction of sp³-hybridized carbons (Fsp3) is 0.208. The van der Waals surface area contributed by atoms with E-state index in [0.717, 1.165) is 27.3 Å². The van der Waals surface area contributed by atoms with Gasteiger partial charge in [-0.2, -0.15) is 0 Å². The average molecular weight is 478 g/mol. The van der Waals surface area contributed by atoms with Gasteiger partial charge in [-0.1, -0.05) is 24.3 Å². The van der Waals surface area contributed by atoms with Gasteiger partial charge in [-0.15, -0.1) is 24.9 Å². The van der Waals surface area contributed by atoms with Crippen LogP contribution >= 0.6 is 11.8 Å². The molecule has 3 aromatic rings. The molecular weight excluding hydrogens is 457 g/mol. The third-order valence-electron chi connectivity index (χ3n) is 4.39. The Hall–Kier alpha value is -3.33. The van der Waals surface area contributed by atoms with Gasteiger partial charge in [0.15, 0.2) is 6.61 Å². The van der Waals surface area contributed by atoms with Crippen LogP contribution in [0.2, 0.25) is 0 Å². The number of carboxylic acid groups (broad SMARTS) is 1. The summed E-state index contributed by atoms with van der Waals surface area (Å²) in [5, 5.41) is 8.71. The van der Waals surface area contributed by atoms with E-state index in [-0.39, 0.29) is 19.0 Å². The number of ether oxygens (including phenoxy) is 3. The number of alkyl halides is 3. The van der Waals surface area contributed by atoms with Crippen molar-refractivity contribution in [2.24, 2.45) is 0 Å². The van der Waals surface area contributed by atoms with Crippen LogP contribution in [0, 0.1) is 6.92 Å². The second-order valence-corrected chi connectivity index (χ2v) is 8.07.